The first-order valence-corrected chi connectivity index (χ1v) is 6.56. The molecule has 0 heterocycles. The van der Waals surface area contributed by atoms with Gasteiger partial charge in [-0.1, -0.05) is 67.2 Å². The van der Waals surface area contributed by atoms with Crippen molar-refractivity contribution in [3.8, 4) is 0 Å². The summed E-state index contributed by atoms with van der Waals surface area (Å²) in [7, 11) is 0. The Morgan fingerprint density at radius 3 is 2.45 bits per heavy atom. The SMILES string of the molecule is Brc1ccc2c(c1)C(I)C2I. The molecule has 0 aromatic heterocycles. The Balaban J connectivity index is 2.50. The molecule has 1 aromatic carbocycles. The first kappa shape index (κ1) is 8.74. The molecule has 0 nitrogen and oxygen atoms in total. The van der Waals surface area contributed by atoms with Gasteiger partial charge < -0.3 is 0 Å². The summed E-state index contributed by atoms with van der Waals surface area (Å²) in [5.74, 6) is 0. The van der Waals surface area contributed by atoms with Crippen molar-refractivity contribution in [3.05, 3.63) is 33.8 Å². The average Bonchev–Trinajstić information content (AvgIpc) is 2.03. The van der Waals surface area contributed by atoms with E-state index in [-0.39, 0.29) is 0 Å². The third-order valence-electron chi connectivity index (χ3n) is 1.90. The lowest BCUT2D eigenvalue weighted by atomic mass is 9.89. The van der Waals surface area contributed by atoms with E-state index < -0.39 is 0 Å². The van der Waals surface area contributed by atoms with Crippen LogP contribution in [0.1, 0.15) is 19.0 Å². The van der Waals surface area contributed by atoms with Crippen LogP contribution in [0, 0.1) is 0 Å². The normalized spacial score (nSPS) is 27.5. The summed E-state index contributed by atoms with van der Waals surface area (Å²) in [4.78, 5) is 0. The van der Waals surface area contributed by atoms with Crippen molar-refractivity contribution in [3.63, 3.8) is 0 Å². The average molecular weight is 435 g/mol. The van der Waals surface area contributed by atoms with Gasteiger partial charge in [-0.05, 0) is 23.3 Å². The summed E-state index contributed by atoms with van der Waals surface area (Å²) in [5.41, 5.74) is 3.01. The Hall–Kier alpha value is 1.16. The predicted molar refractivity (Wildman–Crippen MR) is 67.7 cm³/mol. The zero-order chi connectivity index (χ0) is 8.01. The fraction of sp³-hybridized carbons (Fsp3) is 0.250. The summed E-state index contributed by atoms with van der Waals surface area (Å²) in [6.45, 7) is 0. The molecular formula is C8H5BrI2. The van der Waals surface area contributed by atoms with E-state index in [9.17, 15) is 0 Å². The molecule has 0 aliphatic heterocycles. The molecule has 1 aliphatic carbocycles. The zero-order valence-corrected chi connectivity index (χ0v) is 11.4. The summed E-state index contributed by atoms with van der Waals surface area (Å²) in [6.07, 6.45) is 0. The minimum Gasteiger partial charge on any atom is -0.0759 e. The summed E-state index contributed by atoms with van der Waals surface area (Å²) in [5, 5.41) is 0. The largest absolute Gasteiger partial charge is 0.0759 e. The topological polar surface area (TPSA) is 0 Å². The van der Waals surface area contributed by atoms with Crippen LogP contribution >= 0.6 is 61.1 Å². The van der Waals surface area contributed by atoms with E-state index in [1.807, 2.05) is 0 Å². The van der Waals surface area contributed by atoms with E-state index in [1.54, 1.807) is 0 Å². The molecule has 1 aromatic rings. The third kappa shape index (κ3) is 1.37. The summed E-state index contributed by atoms with van der Waals surface area (Å²) in [6, 6.07) is 6.56. The van der Waals surface area contributed by atoms with Crippen LogP contribution in [0.3, 0.4) is 0 Å². The Morgan fingerprint density at radius 1 is 1.09 bits per heavy atom. The molecule has 0 saturated heterocycles. The lowest BCUT2D eigenvalue weighted by molar-refractivity contribution is 0.850. The molecule has 0 amide bonds. The van der Waals surface area contributed by atoms with E-state index in [2.05, 4.69) is 79.3 Å². The van der Waals surface area contributed by atoms with Crippen molar-refractivity contribution in [2.24, 2.45) is 0 Å². The maximum absolute atomic E-state index is 3.47. The van der Waals surface area contributed by atoms with Gasteiger partial charge in [-0.25, -0.2) is 0 Å². The van der Waals surface area contributed by atoms with E-state index in [0.29, 0.717) is 3.92 Å². The van der Waals surface area contributed by atoms with E-state index in [1.165, 1.54) is 15.6 Å². The van der Waals surface area contributed by atoms with Crippen molar-refractivity contribution < 1.29 is 0 Å². The predicted octanol–water partition coefficient (Wildman–Crippen LogP) is 4.41. The number of hydrogen-bond donors (Lipinski definition) is 0. The molecule has 1 aliphatic rings. The Kier molecular flexibility index (Phi) is 2.49. The van der Waals surface area contributed by atoms with Gasteiger partial charge in [-0.15, -0.1) is 0 Å². The Labute approximate surface area is 102 Å². The number of rotatable bonds is 0. The van der Waals surface area contributed by atoms with Crippen molar-refractivity contribution in [2.75, 3.05) is 0 Å². The minimum atomic E-state index is 0.709. The second kappa shape index (κ2) is 3.14. The van der Waals surface area contributed by atoms with E-state index in [0.717, 1.165) is 3.92 Å². The van der Waals surface area contributed by atoms with Gasteiger partial charge in [0.15, 0.2) is 0 Å². The monoisotopic (exact) mass is 434 g/mol. The number of alkyl halides is 2. The van der Waals surface area contributed by atoms with Crippen LogP contribution in [0.25, 0.3) is 0 Å². The number of hydrogen-bond acceptors (Lipinski definition) is 0. The fourth-order valence-corrected chi connectivity index (χ4v) is 3.51. The van der Waals surface area contributed by atoms with Gasteiger partial charge >= 0.3 is 0 Å². The van der Waals surface area contributed by atoms with Crippen molar-refractivity contribution >= 4 is 61.1 Å². The van der Waals surface area contributed by atoms with Gasteiger partial charge in [-0.3, -0.25) is 0 Å². The second-order valence-corrected chi connectivity index (χ2v) is 6.18. The molecular weight excluding hydrogens is 430 g/mol. The standard InChI is InChI=1S/C8H5BrI2/c9-4-1-2-5-6(3-4)8(11)7(5)10/h1-3,7-8H. The molecule has 11 heavy (non-hydrogen) atoms. The smallest absolute Gasteiger partial charge is 0.0521 e. The van der Waals surface area contributed by atoms with E-state index in [4.69, 9.17) is 0 Å². The molecule has 58 valence electrons. The molecule has 3 heteroatoms. The second-order valence-electron chi connectivity index (χ2n) is 2.58. The minimum absolute atomic E-state index is 0.709. The highest BCUT2D eigenvalue weighted by atomic mass is 127. The number of benzene rings is 1. The van der Waals surface area contributed by atoms with Crippen LogP contribution in [0.15, 0.2) is 22.7 Å². The van der Waals surface area contributed by atoms with Gasteiger partial charge in [0, 0.05) is 4.47 Å². The maximum Gasteiger partial charge on any atom is 0.0521 e. The first-order valence-electron chi connectivity index (χ1n) is 3.27. The molecule has 2 unspecified atom stereocenters. The highest BCUT2D eigenvalue weighted by molar-refractivity contribution is 14.1. The van der Waals surface area contributed by atoms with Crippen LogP contribution < -0.4 is 0 Å². The summed E-state index contributed by atoms with van der Waals surface area (Å²) >= 11 is 8.47. The van der Waals surface area contributed by atoms with Gasteiger partial charge in [0.2, 0.25) is 0 Å². The van der Waals surface area contributed by atoms with Crippen LogP contribution in [0.4, 0.5) is 0 Å². The first-order chi connectivity index (χ1) is 5.20. The lowest BCUT2D eigenvalue weighted by Crippen LogP contribution is -2.13. The van der Waals surface area contributed by atoms with Crippen LogP contribution in [-0.4, -0.2) is 0 Å². The van der Waals surface area contributed by atoms with Crippen LogP contribution in [0.2, 0.25) is 0 Å². The Morgan fingerprint density at radius 2 is 1.73 bits per heavy atom. The summed E-state index contributed by atoms with van der Waals surface area (Å²) < 4.78 is 2.62. The fourth-order valence-electron chi connectivity index (χ4n) is 1.25. The van der Waals surface area contributed by atoms with Gasteiger partial charge in [0.25, 0.3) is 0 Å². The molecule has 0 saturated carbocycles. The van der Waals surface area contributed by atoms with E-state index >= 15 is 0 Å². The lowest BCUT2D eigenvalue weighted by Gasteiger charge is -2.31. The third-order valence-corrected chi connectivity index (χ3v) is 6.55. The van der Waals surface area contributed by atoms with Crippen LogP contribution in [-0.2, 0) is 0 Å². The highest BCUT2D eigenvalue weighted by Crippen LogP contribution is 2.55. The quantitative estimate of drug-likeness (QED) is 0.419. The van der Waals surface area contributed by atoms with Crippen LogP contribution in [0.5, 0.6) is 0 Å². The van der Waals surface area contributed by atoms with Gasteiger partial charge in [-0.2, -0.15) is 0 Å². The van der Waals surface area contributed by atoms with Crippen molar-refractivity contribution in [1.82, 2.24) is 0 Å². The van der Waals surface area contributed by atoms with Gasteiger partial charge in [0.1, 0.15) is 0 Å². The maximum atomic E-state index is 3.47. The van der Waals surface area contributed by atoms with Crippen molar-refractivity contribution in [1.29, 1.82) is 0 Å². The number of halogens is 3. The molecule has 0 bridgehead atoms. The molecule has 0 spiro atoms. The molecule has 2 atom stereocenters. The van der Waals surface area contributed by atoms with Crippen molar-refractivity contribution in [2.45, 2.75) is 7.85 Å². The zero-order valence-electron chi connectivity index (χ0n) is 5.52. The number of fused-ring (bicyclic) bond motifs is 1. The molecule has 0 fully saturated rings. The Bertz CT molecular complexity index is 298. The molecule has 2 rings (SSSR count). The highest BCUT2D eigenvalue weighted by Gasteiger charge is 2.33. The molecule has 0 radical (unpaired) electrons. The van der Waals surface area contributed by atoms with Gasteiger partial charge in [0.05, 0.1) is 7.85 Å². The molecule has 0 N–H and O–H groups in total.